The fraction of sp³-hybridized carbons (Fsp3) is 0.733. The van der Waals surface area contributed by atoms with Crippen LogP contribution >= 0.6 is 11.3 Å². The Kier molecular flexibility index (Phi) is 8.26. The second-order valence-electron chi connectivity index (χ2n) is 4.80. The van der Waals surface area contributed by atoms with Crippen molar-refractivity contribution in [3.63, 3.8) is 0 Å². The maximum absolute atomic E-state index is 11.5. The van der Waals surface area contributed by atoms with Gasteiger partial charge in [-0.1, -0.05) is 26.7 Å². The lowest BCUT2D eigenvalue weighted by atomic mass is 10.3. The molecule has 0 radical (unpaired) electrons. The number of esters is 1. The van der Waals surface area contributed by atoms with Gasteiger partial charge in [0.15, 0.2) is 5.13 Å². The van der Waals surface area contributed by atoms with Crippen molar-refractivity contribution in [2.45, 2.75) is 52.9 Å². The first-order valence-corrected chi connectivity index (χ1v) is 8.44. The SMILES string of the molecule is CCCCN(CCCC)c1nc(CC(=O)OCC)cs1. The molecule has 0 aliphatic rings. The van der Waals surface area contributed by atoms with Crippen molar-refractivity contribution in [3.05, 3.63) is 11.1 Å². The third-order valence-corrected chi connectivity index (χ3v) is 3.95. The highest BCUT2D eigenvalue weighted by atomic mass is 32.1. The minimum absolute atomic E-state index is 0.196. The minimum Gasteiger partial charge on any atom is -0.466 e. The molecule has 1 rings (SSSR count). The molecular weight excluding hydrogens is 272 g/mol. The predicted molar refractivity (Wildman–Crippen MR) is 84.5 cm³/mol. The van der Waals surface area contributed by atoms with Gasteiger partial charge >= 0.3 is 5.97 Å². The third kappa shape index (κ3) is 5.90. The van der Waals surface area contributed by atoms with Crippen LogP contribution < -0.4 is 4.90 Å². The molecular formula is C15H26N2O2S. The molecule has 0 saturated heterocycles. The van der Waals surface area contributed by atoms with Gasteiger partial charge in [-0.15, -0.1) is 11.3 Å². The molecule has 0 amide bonds. The largest absolute Gasteiger partial charge is 0.466 e. The van der Waals surface area contributed by atoms with Gasteiger partial charge in [-0.2, -0.15) is 0 Å². The van der Waals surface area contributed by atoms with Crippen molar-refractivity contribution in [1.82, 2.24) is 4.98 Å². The van der Waals surface area contributed by atoms with Gasteiger partial charge in [0, 0.05) is 18.5 Å². The maximum atomic E-state index is 11.5. The van der Waals surface area contributed by atoms with Crippen LogP contribution in [-0.4, -0.2) is 30.6 Å². The van der Waals surface area contributed by atoms with E-state index in [0.29, 0.717) is 6.61 Å². The zero-order valence-electron chi connectivity index (χ0n) is 12.9. The summed E-state index contributed by atoms with van der Waals surface area (Å²) in [6.07, 6.45) is 5.00. The summed E-state index contributed by atoms with van der Waals surface area (Å²) in [5.74, 6) is -0.196. The van der Waals surface area contributed by atoms with Crippen LogP contribution in [0.15, 0.2) is 5.38 Å². The second-order valence-corrected chi connectivity index (χ2v) is 5.63. The van der Waals surface area contributed by atoms with E-state index >= 15 is 0 Å². The molecule has 1 heterocycles. The monoisotopic (exact) mass is 298 g/mol. The van der Waals surface area contributed by atoms with Crippen LogP contribution in [0.5, 0.6) is 0 Å². The van der Waals surface area contributed by atoms with E-state index in [1.807, 2.05) is 12.3 Å². The molecule has 0 bridgehead atoms. The maximum Gasteiger partial charge on any atom is 0.311 e. The molecule has 20 heavy (non-hydrogen) atoms. The Morgan fingerprint density at radius 3 is 2.45 bits per heavy atom. The lowest BCUT2D eigenvalue weighted by Gasteiger charge is -2.21. The molecule has 0 unspecified atom stereocenters. The number of aromatic nitrogens is 1. The Hall–Kier alpha value is -1.10. The van der Waals surface area contributed by atoms with Crippen molar-refractivity contribution in [3.8, 4) is 0 Å². The summed E-state index contributed by atoms with van der Waals surface area (Å²) in [7, 11) is 0. The fourth-order valence-electron chi connectivity index (χ4n) is 1.88. The fourth-order valence-corrected chi connectivity index (χ4v) is 2.76. The van der Waals surface area contributed by atoms with Gasteiger partial charge in [0.2, 0.25) is 0 Å². The highest BCUT2D eigenvalue weighted by Gasteiger charge is 2.13. The number of hydrogen-bond acceptors (Lipinski definition) is 5. The van der Waals surface area contributed by atoms with E-state index in [0.717, 1.165) is 23.9 Å². The predicted octanol–water partition coefficient (Wildman–Crippen LogP) is 3.66. The van der Waals surface area contributed by atoms with Crippen molar-refractivity contribution in [2.24, 2.45) is 0 Å². The van der Waals surface area contributed by atoms with Crippen molar-refractivity contribution in [2.75, 3.05) is 24.6 Å². The van der Waals surface area contributed by atoms with Crippen molar-refractivity contribution >= 4 is 22.4 Å². The van der Waals surface area contributed by atoms with E-state index in [9.17, 15) is 4.79 Å². The van der Waals surface area contributed by atoms with E-state index in [-0.39, 0.29) is 12.4 Å². The molecule has 5 heteroatoms. The van der Waals surface area contributed by atoms with Gasteiger partial charge in [-0.25, -0.2) is 4.98 Å². The molecule has 0 aliphatic heterocycles. The van der Waals surface area contributed by atoms with Gasteiger partial charge in [0.05, 0.1) is 18.7 Å². The molecule has 0 spiro atoms. The molecule has 114 valence electrons. The first kappa shape index (κ1) is 17.0. The minimum atomic E-state index is -0.196. The van der Waals surface area contributed by atoms with E-state index in [2.05, 4.69) is 23.7 Å². The summed E-state index contributed by atoms with van der Waals surface area (Å²) in [4.78, 5) is 18.4. The summed E-state index contributed by atoms with van der Waals surface area (Å²) >= 11 is 1.63. The number of carbonyl (C=O) groups is 1. The zero-order chi connectivity index (χ0) is 14.8. The molecule has 1 aromatic heterocycles. The van der Waals surface area contributed by atoms with Gasteiger partial charge < -0.3 is 9.64 Å². The third-order valence-electron chi connectivity index (χ3n) is 3.00. The van der Waals surface area contributed by atoms with Crippen LogP contribution in [0.1, 0.15) is 52.1 Å². The Morgan fingerprint density at radius 2 is 1.90 bits per heavy atom. The van der Waals surface area contributed by atoms with Gasteiger partial charge in [0.25, 0.3) is 0 Å². The number of carbonyl (C=O) groups excluding carboxylic acids is 1. The molecule has 0 aliphatic carbocycles. The van der Waals surface area contributed by atoms with Crippen molar-refractivity contribution < 1.29 is 9.53 Å². The number of hydrogen-bond donors (Lipinski definition) is 0. The number of anilines is 1. The molecule has 1 aromatic rings. The van der Waals surface area contributed by atoms with Crippen molar-refractivity contribution in [1.29, 1.82) is 0 Å². The van der Waals surface area contributed by atoms with E-state index in [1.165, 1.54) is 25.7 Å². The molecule has 0 saturated carbocycles. The highest BCUT2D eigenvalue weighted by molar-refractivity contribution is 7.13. The number of nitrogens with zero attached hydrogens (tertiary/aromatic N) is 2. The molecule has 0 N–H and O–H groups in total. The first-order chi connectivity index (χ1) is 9.71. The van der Waals surface area contributed by atoms with Crippen LogP contribution in [0.3, 0.4) is 0 Å². The lowest BCUT2D eigenvalue weighted by Crippen LogP contribution is -2.25. The van der Waals surface area contributed by atoms with Gasteiger partial charge in [-0.05, 0) is 19.8 Å². The second kappa shape index (κ2) is 9.75. The Bertz CT molecular complexity index is 385. The average Bonchev–Trinajstić information content (AvgIpc) is 2.87. The average molecular weight is 298 g/mol. The Morgan fingerprint density at radius 1 is 1.25 bits per heavy atom. The van der Waals surface area contributed by atoms with E-state index in [1.54, 1.807) is 11.3 Å². The van der Waals surface area contributed by atoms with Gasteiger partial charge in [-0.3, -0.25) is 4.79 Å². The molecule has 0 fully saturated rings. The number of rotatable bonds is 10. The van der Waals surface area contributed by atoms with Crippen LogP contribution in [0.2, 0.25) is 0 Å². The normalized spacial score (nSPS) is 10.6. The molecule has 4 nitrogen and oxygen atoms in total. The molecule has 0 atom stereocenters. The molecule has 0 aromatic carbocycles. The van der Waals surface area contributed by atoms with Crippen LogP contribution in [-0.2, 0) is 16.0 Å². The quantitative estimate of drug-likeness (QED) is 0.618. The standard InChI is InChI=1S/C15H26N2O2S/c1-4-7-9-17(10-8-5-2)15-16-13(12-20-15)11-14(18)19-6-3/h12H,4-11H2,1-3H3. The van der Waals surface area contributed by atoms with Crippen LogP contribution in [0.25, 0.3) is 0 Å². The highest BCUT2D eigenvalue weighted by Crippen LogP contribution is 2.22. The Balaban J connectivity index is 2.61. The number of ether oxygens (including phenoxy) is 1. The lowest BCUT2D eigenvalue weighted by molar-refractivity contribution is -0.142. The van der Waals surface area contributed by atoms with E-state index < -0.39 is 0 Å². The van der Waals surface area contributed by atoms with E-state index in [4.69, 9.17) is 4.74 Å². The summed E-state index contributed by atoms with van der Waals surface area (Å²) in [5, 5.41) is 3.00. The summed E-state index contributed by atoms with van der Waals surface area (Å²) in [6, 6.07) is 0. The number of unbranched alkanes of at least 4 members (excludes halogenated alkanes) is 2. The number of thiazole rings is 1. The Labute approximate surface area is 126 Å². The van der Waals surface area contributed by atoms with Crippen LogP contribution in [0.4, 0.5) is 5.13 Å². The summed E-state index contributed by atoms with van der Waals surface area (Å²) in [6.45, 7) is 8.74. The summed E-state index contributed by atoms with van der Waals surface area (Å²) < 4.78 is 4.96. The summed E-state index contributed by atoms with van der Waals surface area (Å²) in [5.41, 5.74) is 0.821. The smallest absolute Gasteiger partial charge is 0.311 e. The zero-order valence-corrected chi connectivity index (χ0v) is 13.7. The topological polar surface area (TPSA) is 42.4 Å². The van der Waals surface area contributed by atoms with Crippen LogP contribution in [0, 0.1) is 0 Å². The van der Waals surface area contributed by atoms with Gasteiger partial charge in [0.1, 0.15) is 0 Å². The first-order valence-electron chi connectivity index (χ1n) is 7.56.